The number of hydrogen-bond acceptors (Lipinski definition) is 5. The van der Waals surface area contributed by atoms with Crippen molar-refractivity contribution in [2.75, 3.05) is 26.0 Å². The fourth-order valence-corrected chi connectivity index (χ4v) is 4.13. The van der Waals surface area contributed by atoms with Crippen molar-refractivity contribution in [2.45, 2.75) is 25.4 Å². The van der Waals surface area contributed by atoms with E-state index in [1.165, 1.54) is 5.56 Å². The second kappa shape index (κ2) is 11.7. The lowest BCUT2D eigenvalue weighted by Crippen LogP contribution is -2.33. The number of fused-ring (bicyclic) bond motifs is 1. The van der Waals surface area contributed by atoms with Crippen LogP contribution in [-0.2, 0) is 16.1 Å². The maximum Gasteiger partial charge on any atom is 0.296 e. The number of carbonyl (C=O) groups excluding carboxylic acids is 2. The second-order valence-electron chi connectivity index (χ2n) is 9.30. The first kappa shape index (κ1) is 25.8. The Labute approximate surface area is 217 Å². The molecule has 0 saturated carbocycles. The molecule has 1 heterocycles. The van der Waals surface area contributed by atoms with E-state index >= 15 is 0 Å². The summed E-state index contributed by atoms with van der Waals surface area (Å²) in [7, 11) is 4.05. The number of amides is 2. The molecule has 0 spiro atoms. The highest BCUT2D eigenvalue weighted by Gasteiger charge is 2.35. The van der Waals surface area contributed by atoms with Crippen molar-refractivity contribution in [3.63, 3.8) is 0 Å². The van der Waals surface area contributed by atoms with Crippen molar-refractivity contribution in [1.82, 2.24) is 10.2 Å². The van der Waals surface area contributed by atoms with E-state index in [1.807, 2.05) is 74.8 Å². The van der Waals surface area contributed by atoms with Crippen molar-refractivity contribution < 1.29 is 14.7 Å². The SMILES string of the molecule is CC(CO)NC(=O)C#Cc1ccc2c(c1)NC(=O)C2C(=Nc1ccc(CN(C)C)cc1)c1ccccc1. The van der Waals surface area contributed by atoms with Gasteiger partial charge >= 0.3 is 0 Å². The van der Waals surface area contributed by atoms with E-state index in [9.17, 15) is 9.59 Å². The van der Waals surface area contributed by atoms with Gasteiger partial charge in [-0.25, -0.2) is 0 Å². The highest BCUT2D eigenvalue weighted by atomic mass is 16.3. The molecule has 188 valence electrons. The largest absolute Gasteiger partial charge is 0.394 e. The van der Waals surface area contributed by atoms with E-state index in [0.717, 1.165) is 23.4 Å². The predicted octanol–water partition coefficient (Wildman–Crippen LogP) is 3.45. The summed E-state index contributed by atoms with van der Waals surface area (Å²) in [5.74, 6) is 4.12. The molecular weight excluding hydrogens is 464 g/mol. The fourth-order valence-electron chi connectivity index (χ4n) is 4.13. The Morgan fingerprint density at radius 2 is 1.84 bits per heavy atom. The van der Waals surface area contributed by atoms with Gasteiger partial charge < -0.3 is 20.6 Å². The minimum atomic E-state index is -0.588. The highest BCUT2D eigenvalue weighted by Crippen LogP contribution is 2.36. The number of aliphatic hydroxyl groups is 1. The average molecular weight is 495 g/mol. The molecule has 2 atom stereocenters. The summed E-state index contributed by atoms with van der Waals surface area (Å²) in [4.78, 5) is 32.2. The Bertz CT molecular complexity index is 1370. The lowest BCUT2D eigenvalue weighted by atomic mass is 9.90. The summed E-state index contributed by atoms with van der Waals surface area (Å²) in [5, 5.41) is 14.6. The molecule has 7 heteroatoms. The molecule has 1 aliphatic heterocycles. The van der Waals surface area contributed by atoms with Crippen LogP contribution in [0.3, 0.4) is 0 Å². The smallest absolute Gasteiger partial charge is 0.296 e. The molecule has 0 aromatic heterocycles. The number of hydrogen-bond donors (Lipinski definition) is 3. The molecular formula is C30H30N4O3. The van der Waals surface area contributed by atoms with Crippen molar-refractivity contribution in [3.05, 3.63) is 95.1 Å². The van der Waals surface area contributed by atoms with E-state index in [0.29, 0.717) is 17.0 Å². The third kappa shape index (κ3) is 6.50. The molecule has 0 fully saturated rings. The molecule has 2 amide bonds. The van der Waals surface area contributed by atoms with E-state index in [1.54, 1.807) is 19.1 Å². The summed E-state index contributed by atoms with van der Waals surface area (Å²) in [6.45, 7) is 2.36. The summed E-state index contributed by atoms with van der Waals surface area (Å²) < 4.78 is 0. The molecule has 0 aliphatic carbocycles. The van der Waals surface area contributed by atoms with E-state index in [4.69, 9.17) is 10.1 Å². The van der Waals surface area contributed by atoms with E-state index in [2.05, 4.69) is 27.4 Å². The topological polar surface area (TPSA) is 94.0 Å². The third-order valence-corrected chi connectivity index (χ3v) is 5.88. The van der Waals surface area contributed by atoms with Crippen LogP contribution in [0.2, 0.25) is 0 Å². The monoisotopic (exact) mass is 494 g/mol. The van der Waals surface area contributed by atoms with Crippen LogP contribution in [0.4, 0.5) is 11.4 Å². The van der Waals surface area contributed by atoms with Crippen LogP contribution in [0.25, 0.3) is 0 Å². The highest BCUT2D eigenvalue weighted by molar-refractivity contribution is 6.24. The fraction of sp³-hybridized carbons (Fsp3) is 0.233. The number of aliphatic imine (C=N–C) groups is 1. The first-order chi connectivity index (χ1) is 17.8. The van der Waals surface area contributed by atoms with E-state index in [-0.39, 0.29) is 18.6 Å². The molecule has 0 saturated heterocycles. The maximum absolute atomic E-state index is 13.2. The van der Waals surface area contributed by atoms with Crippen molar-refractivity contribution in [2.24, 2.45) is 4.99 Å². The standard InChI is InChI=1S/C30H30N4O3/c1-20(19-35)31-27(36)16-12-21-11-15-25-26(17-21)33-30(37)28(25)29(23-7-5-4-6-8-23)32-24-13-9-22(10-14-24)18-34(2)3/h4-11,13-15,17,20,28,35H,18-19H2,1-3H3,(H,31,36)(H,33,37). The minimum absolute atomic E-state index is 0.161. The summed E-state index contributed by atoms with van der Waals surface area (Å²) >= 11 is 0. The third-order valence-electron chi connectivity index (χ3n) is 5.88. The number of carbonyl (C=O) groups is 2. The van der Waals surface area contributed by atoms with Gasteiger partial charge in [-0.15, -0.1) is 0 Å². The van der Waals surface area contributed by atoms with Crippen LogP contribution in [-0.4, -0.2) is 54.3 Å². The van der Waals surface area contributed by atoms with Crippen molar-refractivity contribution in [3.8, 4) is 11.8 Å². The second-order valence-corrected chi connectivity index (χ2v) is 9.30. The van der Waals surface area contributed by atoms with Crippen LogP contribution in [0.1, 0.15) is 35.1 Å². The van der Waals surface area contributed by atoms with Crippen molar-refractivity contribution >= 4 is 28.9 Å². The molecule has 4 rings (SSSR count). The minimum Gasteiger partial charge on any atom is -0.394 e. The van der Waals surface area contributed by atoms with Gasteiger partial charge in [-0.2, -0.15) is 0 Å². The average Bonchev–Trinajstić information content (AvgIpc) is 3.21. The predicted molar refractivity (Wildman–Crippen MR) is 146 cm³/mol. The molecule has 1 aliphatic rings. The number of benzene rings is 3. The van der Waals surface area contributed by atoms with Crippen LogP contribution in [0.15, 0.2) is 77.8 Å². The van der Waals surface area contributed by atoms with Gasteiger partial charge in [0.1, 0.15) is 5.92 Å². The Balaban J connectivity index is 1.67. The molecule has 3 N–H and O–H groups in total. The Kier molecular flexibility index (Phi) is 8.14. The van der Waals surface area contributed by atoms with Crippen LogP contribution in [0, 0.1) is 11.8 Å². The van der Waals surface area contributed by atoms with Gasteiger partial charge in [-0.3, -0.25) is 14.6 Å². The summed E-state index contributed by atoms with van der Waals surface area (Å²) in [6.07, 6.45) is 0. The number of aliphatic hydroxyl groups excluding tert-OH is 1. The Morgan fingerprint density at radius 1 is 1.11 bits per heavy atom. The maximum atomic E-state index is 13.2. The normalized spacial score (nSPS) is 15.4. The van der Waals surface area contributed by atoms with Gasteiger partial charge in [0.25, 0.3) is 5.91 Å². The summed E-state index contributed by atoms with van der Waals surface area (Å²) in [5.41, 5.74) is 5.54. The molecule has 3 aromatic carbocycles. The lowest BCUT2D eigenvalue weighted by molar-refractivity contribution is -0.117. The zero-order chi connectivity index (χ0) is 26.4. The molecule has 0 radical (unpaired) electrons. The molecule has 3 aromatic rings. The Morgan fingerprint density at radius 3 is 2.51 bits per heavy atom. The van der Waals surface area contributed by atoms with Gasteiger partial charge in [0, 0.05) is 23.7 Å². The van der Waals surface area contributed by atoms with Gasteiger partial charge in [0.2, 0.25) is 5.91 Å². The van der Waals surface area contributed by atoms with Crippen molar-refractivity contribution in [1.29, 1.82) is 0 Å². The van der Waals surface area contributed by atoms with Gasteiger partial charge in [0.05, 0.1) is 24.0 Å². The van der Waals surface area contributed by atoms with Crippen LogP contribution >= 0.6 is 0 Å². The zero-order valence-electron chi connectivity index (χ0n) is 21.2. The van der Waals surface area contributed by atoms with Crippen LogP contribution in [0.5, 0.6) is 0 Å². The number of anilines is 1. The first-order valence-electron chi connectivity index (χ1n) is 12.1. The molecule has 7 nitrogen and oxygen atoms in total. The zero-order valence-corrected chi connectivity index (χ0v) is 21.2. The van der Waals surface area contributed by atoms with E-state index < -0.39 is 11.8 Å². The van der Waals surface area contributed by atoms with Gasteiger partial charge in [0.15, 0.2) is 0 Å². The number of nitrogens with zero attached hydrogens (tertiary/aromatic N) is 2. The Hall–Kier alpha value is -4.25. The summed E-state index contributed by atoms with van der Waals surface area (Å²) in [6, 6.07) is 22.8. The van der Waals surface area contributed by atoms with Gasteiger partial charge in [-0.05, 0) is 62.0 Å². The van der Waals surface area contributed by atoms with Gasteiger partial charge in [-0.1, -0.05) is 54.5 Å². The molecule has 2 unspecified atom stereocenters. The quantitative estimate of drug-likeness (QED) is 0.346. The molecule has 37 heavy (non-hydrogen) atoms. The molecule has 0 bridgehead atoms. The lowest BCUT2D eigenvalue weighted by Gasteiger charge is -2.14. The first-order valence-corrected chi connectivity index (χ1v) is 12.1. The number of rotatable bonds is 7. The van der Waals surface area contributed by atoms with Crippen LogP contribution < -0.4 is 10.6 Å². The number of nitrogens with one attached hydrogen (secondary N) is 2.